The maximum absolute atomic E-state index is 13.6. The Morgan fingerprint density at radius 3 is 1.81 bits per heavy atom. The molecule has 3 heteroatoms. The molecule has 158 valence electrons. The number of aromatic carboxylic acids is 1. The van der Waals surface area contributed by atoms with Crippen molar-refractivity contribution in [1.29, 1.82) is 0 Å². The number of hydrogen-bond acceptors (Lipinski definition) is 2. The fourth-order valence-electron chi connectivity index (χ4n) is 4.58. The van der Waals surface area contributed by atoms with E-state index in [9.17, 15) is 14.7 Å². The van der Waals surface area contributed by atoms with Crippen LogP contribution in [0, 0.1) is 0 Å². The number of hydrogen-bond donors (Lipinski definition) is 1. The van der Waals surface area contributed by atoms with Gasteiger partial charge in [-0.05, 0) is 70.2 Å². The molecular formula is C28H28O3. The second kappa shape index (κ2) is 7.49. The molecule has 0 fully saturated rings. The third kappa shape index (κ3) is 3.81. The van der Waals surface area contributed by atoms with Crippen molar-refractivity contribution >= 4 is 11.8 Å². The molecule has 0 heterocycles. The van der Waals surface area contributed by atoms with Crippen LogP contribution in [0.1, 0.15) is 77.9 Å². The number of ketones is 1. The number of fused-ring (bicyclic) bond motifs is 1. The van der Waals surface area contributed by atoms with Gasteiger partial charge in [-0.1, -0.05) is 70.2 Å². The summed E-state index contributed by atoms with van der Waals surface area (Å²) < 4.78 is 0. The maximum Gasteiger partial charge on any atom is 0.335 e. The molecule has 0 saturated heterocycles. The summed E-state index contributed by atoms with van der Waals surface area (Å²) in [6.45, 7) is 9.06. The molecule has 3 aromatic carbocycles. The van der Waals surface area contributed by atoms with Gasteiger partial charge in [-0.15, -0.1) is 0 Å². The minimum Gasteiger partial charge on any atom is -0.478 e. The van der Waals surface area contributed by atoms with E-state index in [0.29, 0.717) is 11.1 Å². The fourth-order valence-corrected chi connectivity index (χ4v) is 4.58. The van der Waals surface area contributed by atoms with Crippen LogP contribution in [0.3, 0.4) is 0 Å². The molecule has 0 unspecified atom stereocenters. The zero-order valence-corrected chi connectivity index (χ0v) is 18.5. The molecule has 0 aliphatic heterocycles. The molecule has 0 bridgehead atoms. The van der Waals surface area contributed by atoms with Crippen molar-refractivity contribution in [1.82, 2.24) is 0 Å². The second-order valence-corrected chi connectivity index (χ2v) is 9.79. The Bertz CT molecular complexity index is 1150. The summed E-state index contributed by atoms with van der Waals surface area (Å²) in [5.41, 5.74) is 5.84. The van der Waals surface area contributed by atoms with Crippen LogP contribution in [0.5, 0.6) is 0 Å². The fraction of sp³-hybridized carbons (Fsp3) is 0.286. The molecule has 0 radical (unpaired) electrons. The standard InChI is InChI=1S/C28H28O3/c1-27(2)14-15-28(3,4)24-17-22(21(16-23(24)27)18-8-6-5-7-9-18)25(29)19-10-12-20(13-11-19)26(30)31/h5-13,16-17H,14-15H2,1-4H3,(H,30,31). The number of rotatable bonds is 4. The summed E-state index contributed by atoms with van der Waals surface area (Å²) in [7, 11) is 0. The molecule has 3 aromatic rings. The van der Waals surface area contributed by atoms with E-state index in [1.54, 1.807) is 12.1 Å². The normalized spacial score (nSPS) is 16.4. The number of carbonyl (C=O) groups excluding carboxylic acids is 1. The van der Waals surface area contributed by atoms with Gasteiger partial charge in [0, 0.05) is 11.1 Å². The van der Waals surface area contributed by atoms with Gasteiger partial charge in [0.05, 0.1) is 5.56 Å². The molecule has 0 amide bonds. The lowest BCUT2D eigenvalue weighted by atomic mass is 9.62. The van der Waals surface area contributed by atoms with Crippen molar-refractivity contribution in [2.75, 3.05) is 0 Å². The smallest absolute Gasteiger partial charge is 0.335 e. The highest BCUT2D eigenvalue weighted by molar-refractivity contribution is 6.13. The van der Waals surface area contributed by atoms with Gasteiger partial charge in [-0.25, -0.2) is 4.79 Å². The van der Waals surface area contributed by atoms with E-state index < -0.39 is 5.97 Å². The molecule has 0 atom stereocenters. The first kappa shape index (κ1) is 21.0. The number of benzene rings is 3. The van der Waals surface area contributed by atoms with Gasteiger partial charge in [0.1, 0.15) is 0 Å². The summed E-state index contributed by atoms with van der Waals surface area (Å²) in [6, 6.07) is 20.5. The molecule has 31 heavy (non-hydrogen) atoms. The Balaban J connectivity index is 1.94. The first-order chi connectivity index (χ1) is 14.6. The quantitative estimate of drug-likeness (QED) is 0.489. The lowest BCUT2D eigenvalue weighted by molar-refractivity contribution is 0.0696. The maximum atomic E-state index is 13.6. The van der Waals surface area contributed by atoms with Crippen molar-refractivity contribution in [3.63, 3.8) is 0 Å². The Morgan fingerprint density at radius 1 is 0.742 bits per heavy atom. The lowest BCUT2D eigenvalue weighted by Gasteiger charge is -2.42. The summed E-state index contributed by atoms with van der Waals surface area (Å²) in [5, 5.41) is 9.18. The molecular weight excluding hydrogens is 384 g/mol. The SMILES string of the molecule is CC1(C)CCC(C)(C)c2cc(-c3ccccc3)c(C(=O)c3ccc(C(=O)O)cc3)cc21. The predicted molar refractivity (Wildman–Crippen MR) is 124 cm³/mol. The molecule has 0 aromatic heterocycles. The Morgan fingerprint density at radius 2 is 1.26 bits per heavy atom. The van der Waals surface area contributed by atoms with Crippen LogP contribution in [0.15, 0.2) is 66.7 Å². The van der Waals surface area contributed by atoms with E-state index in [1.165, 1.54) is 23.3 Å². The minimum atomic E-state index is -0.998. The Kier molecular flexibility index (Phi) is 5.09. The molecule has 1 aliphatic rings. The van der Waals surface area contributed by atoms with Gasteiger partial charge < -0.3 is 5.11 Å². The largest absolute Gasteiger partial charge is 0.478 e. The summed E-state index contributed by atoms with van der Waals surface area (Å²) in [6.07, 6.45) is 2.17. The van der Waals surface area contributed by atoms with E-state index in [4.69, 9.17) is 0 Å². The first-order valence-electron chi connectivity index (χ1n) is 10.7. The van der Waals surface area contributed by atoms with Crippen LogP contribution in [-0.4, -0.2) is 16.9 Å². The number of carboxylic acid groups (broad SMARTS) is 1. The highest BCUT2D eigenvalue weighted by Crippen LogP contribution is 2.48. The highest BCUT2D eigenvalue weighted by Gasteiger charge is 2.38. The molecule has 1 aliphatic carbocycles. The summed E-state index contributed by atoms with van der Waals surface area (Å²) in [5.74, 6) is -1.08. The van der Waals surface area contributed by atoms with E-state index in [2.05, 4.69) is 39.8 Å². The van der Waals surface area contributed by atoms with E-state index >= 15 is 0 Å². The average molecular weight is 413 g/mol. The zero-order valence-electron chi connectivity index (χ0n) is 18.5. The highest BCUT2D eigenvalue weighted by atomic mass is 16.4. The minimum absolute atomic E-state index is 0.0116. The van der Waals surface area contributed by atoms with Crippen LogP contribution in [0.25, 0.3) is 11.1 Å². The zero-order chi connectivity index (χ0) is 22.4. The number of carboxylic acids is 1. The average Bonchev–Trinajstić information content (AvgIpc) is 2.76. The second-order valence-electron chi connectivity index (χ2n) is 9.79. The van der Waals surface area contributed by atoms with Gasteiger partial charge in [0.15, 0.2) is 5.78 Å². The number of carbonyl (C=O) groups is 2. The third-order valence-corrected chi connectivity index (χ3v) is 6.71. The van der Waals surface area contributed by atoms with Gasteiger partial charge >= 0.3 is 5.97 Å². The lowest BCUT2D eigenvalue weighted by Crippen LogP contribution is -2.34. The van der Waals surface area contributed by atoms with Crippen molar-refractivity contribution in [3.8, 4) is 11.1 Å². The Hall–Kier alpha value is -3.20. The van der Waals surface area contributed by atoms with Crippen LogP contribution in [0.2, 0.25) is 0 Å². The van der Waals surface area contributed by atoms with Crippen LogP contribution in [-0.2, 0) is 10.8 Å². The van der Waals surface area contributed by atoms with Crippen molar-refractivity contribution in [3.05, 3.63) is 94.5 Å². The van der Waals surface area contributed by atoms with Crippen molar-refractivity contribution in [2.24, 2.45) is 0 Å². The summed E-state index contributed by atoms with van der Waals surface area (Å²) >= 11 is 0. The molecule has 4 rings (SSSR count). The third-order valence-electron chi connectivity index (χ3n) is 6.71. The molecule has 0 saturated carbocycles. The van der Waals surface area contributed by atoms with Crippen LogP contribution < -0.4 is 0 Å². The molecule has 1 N–H and O–H groups in total. The first-order valence-corrected chi connectivity index (χ1v) is 10.7. The molecule has 0 spiro atoms. The van der Waals surface area contributed by atoms with Gasteiger partial charge in [0.25, 0.3) is 0 Å². The summed E-state index contributed by atoms with van der Waals surface area (Å²) in [4.78, 5) is 24.8. The van der Waals surface area contributed by atoms with Crippen molar-refractivity contribution in [2.45, 2.75) is 51.4 Å². The van der Waals surface area contributed by atoms with Crippen molar-refractivity contribution < 1.29 is 14.7 Å². The van der Waals surface area contributed by atoms with Gasteiger partial charge in [-0.3, -0.25) is 4.79 Å². The monoisotopic (exact) mass is 412 g/mol. The van der Waals surface area contributed by atoms with Gasteiger partial charge in [0.2, 0.25) is 0 Å². The van der Waals surface area contributed by atoms with Crippen LogP contribution >= 0.6 is 0 Å². The van der Waals surface area contributed by atoms with Crippen LogP contribution in [0.4, 0.5) is 0 Å². The van der Waals surface area contributed by atoms with E-state index in [0.717, 1.165) is 24.0 Å². The van der Waals surface area contributed by atoms with E-state index in [-0.39, 0.29) is 22.2 Å². The molecule has 3 nitrogen and oxygen atoms in total. The topological polar surface area (TPSA) is 54.4 Å². The predicted octanol–water partition coefficient (Wildman–Crippen LogP) is 6.63. The van der Waals surface area contributed by atoms with Gasteiger partial charge in [-0.2, -0.15) is 0 Å². The van der Waals surface area contributed by atoms with E-state index in [1.807, 2.05) is 30.3 Å². The Labute approximate surface area is 183 Å².